The molecule has 8 heteroatoms. The number of imidazole rings is 1. The molecule has 0 radical (unpaired) electrons. The molecule has 204 valence electrons. The second-order valence-electron chi connectivity index (χ2n) is 10.0. The highest BCUT2D eigenvalue weighted by Gasteiger charge is 2.24. The number of likely N-dealkylation sites (tertiary alicyclic amines) is 1. The first-order valence-electron chi connectivity index (χ1n) is 13.2. The SMILES string of the molecule is Cl.Cl.O=C(NCC1CCN(CCC(c2ccccc2)c2ccccc2)CC1)C1=Cc2cnc3cccc(n23)S1. The van der Waals surface area contributed by atoms with Gasteiger partial charge < -0.3 is 10.2 Å². The average Bonchev–Trinajstić information content (AvgIpc) is 3.38. The summed E-state index contributed by atoms with van der Waals surface area (Å²) in [6, 6.07) is 27.8. The zero-order chi connectivity index (χ0) is 25.0. The molecule has 0 spiro atoms. The minimum absolute atomic E-state index is 0. The first kappa shape index (κ1) is 29.2. The summed E-state index contributed by atoms with van der Waals surface area (Å²) in [4.78, 5) is 20.7. The lowest BCUT2D eigenvalue weighted by Crippen LogP contribution is -2.39. The highest BCUT2D eigenvalue weighted by molar-refractivity contribution is 8.04. The number of piperidine rings is 1. The van der Waals surface area contributed by atoms with Crippen molar-refractivity contribution in [1.29, 1.82) is 0 Å². The number of pyridine rings is 1. The van der Waals surface area contributed by atoms with Crippen molar-refractivity contribution in [2.24, 2.45) is 5.92 Å². The lowest BCUT2D eigenvalue weighted by Gasteiger charge is -2.33. The van der Waals surface area contributed by atoms with Crippen LogP contribution >= 0.6 is 36.6 Å². The molecule has 4 aromatic rings. The smallest absolute Gasteiger partial charge is 0.258 e. The Kier molecular flexibility index (Phi) is 10.1. The van der Waals surface area contributed by atoms with Gasteiger partial charge in [0.1, 0.15) is 5.65 Å². The van der Waals surface area contributed by atoms with E-state index < -0.39 is 0 Å². The van der Waals surface area contributed by atoms with E-state index in [4.69, 9.17) is 0 Å². The van der Waals surface area contributed by atoms with Crippen molar-refractivity contribution in [1.82, 2.24) is 19.6 Å². The van der Waals surface area contributed by atoms with Crippen LogP contribution in [-0.4, -0.2) is 46.4 Å². The molecule has 1 N–H and O–H groups in total. The Hall–Kier alpha value is -2.77. The van der Waals surface area contributed by atoms with Crippen LogP contribution in [0.5, 0.6) is 0 Å². The van der Waals surface area contributed by atoms with Crippen molar-refractivity contribution in [3.63, 3.8) is 0 Å². The normalized spacial score (nSPS) is 15.4. The van der Waals surface area contributed by atoms with Gasteiger partial charge in [-0.25, -0.2) is 4.98 Å². The first-order valence-corrected chi connectivity index (χ1v) is 14.0. The summed E-state index contributed by atoms with van der Waals surface area (Å²) >= 11 is 1.52. The van der Waals surface area contributed by atoms with E-state index in [-0.39, 0.29) is 30.7 Å². The molecule has 0 unspecified atom stereocenters. The predicted molar refractivity (Wildman–Crippen MR) is 165 cm³/mol. The van der Waals surface area contributed by atoms with Crippen molar-refractivity contribution in [2.75, 3.05) is 26.2 Å². The summed E-state index contributed by atoms with van der Waals surface area (Å²) in [5.41, 5.74) is 4.66. The summed E-state index contributed by atoms with van der Waals surface area (Å²) in [5.74, 6) is 0.968. The summed E-state index contributed by atoms with van der Waals surface area (Å²) in [7, 11) is 0. The number of hydrogen-bond acceptors (Lipinski definition) is 4. The number of halogens is 2. The van der Waals surface area contributed by atoms with Gasteiger partial charge in [-0.1, -0.05) is 78.5 Å². The Morgan fingerprint density at radius 3 is 2.26 bits per heavy atom. The van der Waals surface area contributed by atoms with Gasteiger partial charge in [0, 0.05) is 12.5 Å². The van der Waals surface area contributed by atoms with Crippen LogP contribution in [0.1, 0.15) is 42.0 Å². The van der Waals surface area contributed by atoms with Crippen LogP contribution in [0.15, 0.2) is 95.0 Å². The number of nitrogens with one attached hydrogen (secondary N) is 1. The number of carbonyl (C=O) groups excluding carboxylic acids is 1. The Labute approximate surface area is 246 Å². The zero-order valence-corrected chi connectivity index (χ0v) is 24.2. The molecule has 1 amide bonds. The van der Waals surface area contributed by atoms with E-state index in [0.29, 0.717) is 11.8 Å². The maximum Gasteiger partial charge on any atom is 0.258 e. The van der Waals surface area contributed by atoms with Gasteiger partial charge in [0.05, 0.1) is 21.8 Å². The summed E-state index contributed by atoms with van der Waals surface area (Å²) in [6.07, 6.45) is 7.15. The van der Waals surface area contributed by atoms with Crippen LogP contribution in [0.3, 0.4) is 0 Å². The van der Waals surface area contributed by atoms with Gasteiger partial charge in [-0.3, -0.25) is 9.20 Å². The number of amides is 1. The van der Waals surface area contributed by atoms with Crippen LogP contribution in [-0.2, 0) is 4.79 Å². The second kappa shape index (κ2) is 13.5. The Balaban J connectivity index is 0.00000176. The van der Waals surface area contributed by atoms with Gasteiger partial charge in [-0.15, -0.1) is 24.8 Å². The molecule has 4 heterocycles. The van der Waals surface area contributed by atoms with E-state index in [1.165, 1.54) is 22.9 Å². The Morgan fingerprint density at radius 1 is 0.923 bits per heavy atom. The molecule has 0 aliphatic carbocycles. The number of carbonyl (C=O) groups is 1. The van der Waals surface area contributed by atoms with Crippen LogP contribution in [0.25, 0.3) is 11.7 Å². The molecular weight excluding hydrogens is 547 g/mol. The maximum absolute atomic E-state index is 13.0. The molecule has 2 aliphatic heterocycles. The van der Waals surface area contributed by atoms with E-state index in [0.717, 1.165) is 66.7 Å². The minimum atomic E-state index is 0. The average molecular weight is 582 g/mol. The largest absolute Gasteiger partial charge is 0.351 e. The Morgan fingerprint density at radius 2 is 1.59 bits per heavy atom. The third-order valence-corrected chi connectivity index (χ3v) is 8.69. The second-order valence-corrected chi connectivity index (χ2v) is 11.1. The number of thioether (sulfide) groups is 1. The van der Waals surface area contributed by atoms with E-state index in [2.05, 4.69) is 80.3 Å². The zero-order valence-electron chi connectivity index (χ0n) is 21.7. The van der Waals surface area contributed by atoms with Gasteiger partial charge >= 0.3 is 0 Å². The van der Waals surface area contributed by atoms with Crippen molar-refractivity contribution in [3.8, 4) is 0 Å². The van der Waals surface area contributed by atoms with E-state index in [1.54, 1.807) is 0 Å². The lowest BCUT2D eigenvalue weighted by atomic mass is 9.88. The van der Waals surface area contributed by atoms with Crippen LogP contribution < -0.4 is 5.32 Å². The van der Waals surface area contributed by atoms with Crippen molar-refractivity contribution >= 4 is 54.2 Å². The highest BCUT2D eigenvalue weighted by atomic mass is 35.5. The first-order chi connectivity index (χ1) is 18.2. The molecule has 39 heavy (non-hydrogen) atoms. The van der Waals surface area contributed by atoms with Crippen molar-refractivity contribution in [3.05, 3.63) is 107 Å². The third kappa shape index (κ3) is 6.69. The molecular formula is C31H34Cl2N4OS. The highest BCUT2D eigenvalue weighted by Crippen LogP contribution is 2.34. The fraction of sp³-hybridized carbons (Fsp3) is 0.290. The number of benzene rings is 2. The van der Waals surface area contributed by atoms with Gasteiger partial charge in [0.2, 0.25) is 0 Å². The number of rotatable bonds is 8. The van der Waals surface area contributed by atoms with Gasteiger partial charge in [0.15, 0.2) is 0 Å². The molecule has 0 atom stereocenters. The molecule has 1 saturated heterocycles. The predicted octanol–water partition coefficient (Wildman–Crippen LogP) is 6.67. The van der Waals surface area contributed by atoms with E-state index in [9.17, 15) is 4.79 Å². The summed E-state index contributed by atoms with van der Waals surface area (Å²) in [6.45, 7) is 4.02. The number of hydrogen-bond donors (Lipinski definition) is 1. The number of aromatic nitrogens is 2. The van der Waals surface area contributed by atoms with Crippen LogP contribution in [0.4, 0.5) is 0 Å². The standard InChI is InChI=1S/C31H32N4OS.2ClH/c36-31(28-20-26-22-32-29-12-7-13-30(37-28)35(26)29)33-21-23-14-17-34(18-15-23)19-16-27(24-8-3-1-4-9-24)25-10-5-2-6-11-25;;/h1-13,20,22-23,27H,14-19,21H2,(H,33,36);2*1H. The molecule has 0 saturated carbocycles. The van der Waals surface area contributed by atoms with Gasteiger partial charge in [0.25, 0.3) is 5.91 Å². The monoisotopic (exact) mass is 580 g/mol. The van der Waals surface area contributed by atoms with E-state index in [1.807, 2.05) is 30.5 Å². The molecule has 2 aliphatic rings. The van der Waals surface area contributed by atoms with Crippen molar-refractivity contribution < 1.29 is 4.79 Å². The molecule has 2 aromatic heterocycles. The quantitative estimate of drug-likeness (QED) is 0.253. The Bertz CT molecular complexity index is 1360. The fourth-order valence-electron chi connectivity index (χ4n) is 5.55. The van der Waals surface area contributed by atoms with E-state index >= 15 is 0 Å². The van der Waals surface area contributed by atoms with Gasteiger partial charge in [-0.2, -0.15) is 0 Å². The topological polar surface area (TPSA) is 49.6 Å². The van der Waals surface area contributed by atoms with Gasteiger partial charge in [-0.05, 0) is 74.2 Å². The van der Waals surface area contributed by atoms with Crippen LogP contribution in [0, 0.1) is 5.92 Å². The molecule has 1 fully saturated rings. The summed E-state index contributed by atoms with van der Waals surface area (Å²) in [5, 5.41) is 4.25. The van der Waals surface area contributed by atoms with Crippen LogP contribution in [0.2, 0.25) is 0 Å². The lowest BCUT2D eigenvalue weighted by molar-refractivity contribution is -0.117. The third-order valence-electron chi connectivity index (χ3n) is 7.63. The summed E-state index contributed by atoms with van der Waals surface area (Å²) < 4.78 is 2.09. The maximum atomic E-state index is 13.0. The molecule has 5 nitrogen and oxygen atoms in total. The molecule has 6 rings (SSSR count). The molecule has 2 aromatic carbocycles. The number of nitrogens with zero attached hydrogens (tertiary/aromatic N) is 3. The fourth-order valence-corrected chi connectivity index (χ4v) is 6.55. The molecule has 0 bridgehead atoms. The minimum Gasteiger partial charge on any atom is -0.351 e. The van der Waals surface area contributed by atoms with Crippen molar-refractivity contribution in [2.45, 2.75) is 30.2 Å².